The molecule has 1 aromatic carbocycles. The molecule has 0 aromatic heterocycles. The SMILES string of the molecule is NC(=O)C1CCN(CCOc2ccc(C(=O)O)cc2)C1. The molecule has 1 aliphatic heterocycles. The Hall–Kier alpha value is -2.08. The van der Waals surface area contributed by atoms with Crippen molar-refractivity contribution < 1.29 is 19.4 Å². The van der Waals surface area contributed by atoms with Crippen molar-refractivity contribution in [1.82, 2.24) is 4.90 Å². The second kappa shape index (κ2) is 6.38. The summed E-state index contributed by atoms with van der Waals surface area (Å²) in [5.41, 5.74) is 5.51. The number of primary amides is 1. The maximum Gasteiger partial charge on any atom is 0.335 e. The fourth-order valence-electron chi connectivity index (χ4n) is 2.25. The smallest absolute Gasteiger partial charge is 0.335 e. The van der Waals surface area contributed by atoms with E-state index in [1.54, 1.807) is 12.1 Å². The van der Waals surface area contributed by atoms with Crippen molar-refractivity contribution in [3.8, 4) is 5.75 Å². The van der Waals surface area contributed by atoms with E-state index in [1.165, 1.54) is 12.1 Å². The van der Waals surface area contributed by atoms with Gasteiger partial charge in [-0.15, -0.1) is 0 Å². The molecule has 6 heteroatoms. The third-order valence-electron chi connectivity index (χ3n) is 3.45. The fourth-order valence-corrected chi connectivity index (χ4v) is 2.25. The van der Waals surface area contributed by atoms with E-state index in [-0.39, 0.29) is 17.4 Å². The summed E-state index contributed by atoms with van der Waals surface area (Å²) < 4.78 is 5.55. The molecule has 20 heavy (non-hydrogen) atoms. The molecule has 1 aromatic rings. The molecule has 1 amide bonds. The number of hydrogen-bond acceptors (Lipinski definition) is 4. The highest BCUT2D eigenvalue weighted by Gasteiger charge is 2.26. The van der Waals surface area contributed by atoms with Gasteiger partial charge in [0.05, 0.1) is 11.5 Å². The molecule has 0 spiro atoms. The summed E-state index contributed by atoms with van der Waals surface area (Å²) in [5, 5.41) is 8.78. The van der Waals surface area contributed by atoms with Crippen molar-refractivity contribution in [3.63, 3.8) is 0 Å². The molecule has 0 saturated carbocycles. The fraction of sp³-hybridized carbons (Fsp3) is 0.429. The number of nitrogens with zero attached hydrogens (tertiary/aromatic N) is 1. The highest BCUT2D eigenvalue weighted by Crippen LogP contribution is 2.16. The summed E-state index contributed by atoms with van der Waals surface area (Å²) in [7, 11) is 0. The molecule has 1 atom stereocenters. The monoisotopic (exact) mass is 278 g/mol. The predicted octanol–water partition coefficient (Wildman–Crippen LogP) is 0.571. The summed E-state index contributed by atoms with van der Waals surface area (Å²) in [5.74, 6) is -0.603. The van der Waals surface area contributed by atoms with Gasteiger partial charge in [-0.25, -0.2) is 4.79 Å². The number of amides is 1. The van der Waals surface area contributed by atoms with E-state index in [9.17, 15) is 9.59 Å². The van der Waals surface area contributed by atoms with E-state index in [4.69, 9.17) is 15.6 Å². The number of benzene rings is 1. The second-order valence-corrected chi connectivity index (χ2v) is 4.87. The Bertz CT molecular complexity index is 486. The van der Waals surface area contributed by atoms with Gasteiger partial charge in [-0.05, 0) is 37.2 Å². The van der Waals surface area contributed by atoms with Crippen LogP contribution in [0.4, 0.5) is 0 Å². The van der Waals surface area contributed by atoms with Gasteiger partial charge in [-0.2, -0.15) is 0 Å². The summed E-state index contributed by atoms with van der Waals surface area (Å²) in [6, 6.07) is 6.30. The van der Waals surface area contributed by atoms with Crippen molar-refractivity contribution in [1.29, 1.82) is 0 Å². The predicted molar refractivity (Wildman–Crippen MR) is 72.6 cm³/mol. The van der Waals surface area contributed by atoms with Gasteiger partial charge in [0.1, 0.15) is 12.4 Å². The zero-order valence-electron chi connectivity index (χ0n) is 11.1. The van der Waals surface area contributed by atoms with Crippen LogP contribution in [0.15, 0.2) is 24.3 Å². The first kappa shape index (κ1) is 14.3. The minimum absolute atomic E-state index is 0.0511. The van der Waals surface area contributed by atoms with Crippen LogP contribution in [0.1, 0.15) is 16.8 Å². The van der Waals surface area contributed by atoms with Gasteiger partial charge in [0, 0.05) is 13.1 Å². The van der Waals surface area contributed by atoms with Gasteiger partial charge in [-0.1, -0.05) is 0 Å². The molecule has 3 N–H and O–H groups in total. The molecular formula is C14H18N2O4. The number of ether oxygens (including phenoxy) is 1. The second-order valence-electron chi connectivity index (χ2n) is 4.87. The number of likely N-dealkylation sites (tertiary alicyclic amines) is 1. The van der Waals surface area contributed by atoms with Crippen molar-refractivity contribution >= 4 is 11.9 Å². The lowest BCUT2D eigenvalue weighted by Crippen LogP contribution is -2.30. The molecule has 1 unspecified atom stereocenters. The molecule has 0 aliphatic carbocycles. The topological polar surface area (TPSA) is 92.9 Å². The molecule has 6 nitrogen and oxygen atoms in total. The van der Waals surface area contributed by atoms with E-state index < -0.39 is 5.97 Å². The third kappa shape index (κ3) is 3.71. The average molecular weight is 278 g/mol. The molecule has 0 radical (unpaired) electrons. The highest BCUT2D eigenvalue weighted by molar-refractivity contribution is 5.87. The number of carbonyl (C=O) groups excluding carboxylic acids is 1. The first-order valence-electron chi connectivity index (χ1n) is 6.54. The lowest BCUT2D eigenvalue weighted by atomic mass is 10.1. The van der Waals surface area contributed by atoms with Gasteiger partial charge in [-0.3, -0.25) is 9.69 Å². The zero-order valence-corrected chi connectivity index (χ0v) is 11.1. The van der Waals surface area contributed by atoms with Crippen molar-refractivity contribution in [2.24, 2.45) is 11.7 Å². The first-order chi connectivity index (χ1) is 9.56. The number of nitrogens with two attached hydrogens (primary N) is 1. The molecule has 1 fully saturated rings. The molecular weight excluding hydrogens is 260 g/mol. The number of hydrogen-bond donors (Lipinski definition) is 2. The van der Waals surface area contributed by atoms with Crippen LogP contribution in [-0.4, -0.2) is 48.1 Å². The quantitative estimate of drug-likeness (QED) is 0.793. The van der Waals surface area contributed by atoms with Crippen molar-refractivity contribution in [3.05, 3.63) is 29.8 Å². The van der Waals surface area contributed by atoms with Crippen LogP contribution < -0.4 is 10.5 Å². The third-order valence-corrected chi connectivity index (χ3v) is 3.45. The van der Waals surface area contributed by atoms with Gasteiger partial charge >= 0.3 is 5.97 Å². The number of carboxylic acid groups (broad SMARTS) is 1. The van der Waals surface area contributed by atoms with Crippen LogP contribution in [0.5, 0.6) is 5.75 Å². The molecule has 1 heterocycles. The maximum absolute atomic E-state index is 11.0. The minimum atomic E-state index is -0.953. The maximum atomic E-state index is 11.0. The Balaban J connectivity index is 1.73. The summed E-state index contributed by atoms with van der Waals surface area (Å²) >= 11 is 0. The standard InChI is InChI=1S/C14H18N2O4/c15-13(17)11-5-6-16(9-11)7-8-20-12-3-1-10(2-4-12)14(18)19/h1-4,11H,5-9H2,(H2,15,17)(H,18,19). The average Bonchev–Trinajstić information content (AvgIpc) is 2.88. The highest BCUT2D eigenvalue weighted by atomic mass is 16.5. The van der Waals surface area contributed by atoms with E-state index in [0.717, 1.165) is 19.5 Å². The van der Waals surface area contributed by atoms with E-state index in [2.05, 4.69) is 4.90 Å². The summed E-state index contributed by atoms with van der Waals surface area (Å²) in [6.45, 7) is 2.77. The summed E-state index contributed by atoms with van der Waals surface area (Å²) in [6.07, 6.45) is 0.808. The first-order valence-corrected chi connectivity index (χ1v) is 6.54. The Labute approximate surface area is 117 Å². The number of aromatic carboxylic acids is 1. The van der Waals surface area contributed by atoms with Gasteiger partial charge in [0.15, 0.2) is 0 Å². The summed E-state index contributed by atoms with van der Waals surface area (Å²) in [4.78, 5) is 23.9. The van der Waals surface area contributed by atoms with Crippen LogP contribution in [-0.2, 0) is 4.79 Å². The lowest BCUT2D eigenvalue weighted by molar-refractivity contribution is -0.121. The Morgan fingerprint density at radius 2 is 2.05 bits per heavy atom. The van der Waals surface area contributed by atoms with Gasteiger partial charge < -0.3 is 15.6 Å². The molecule has 108 valence electrons. The Kier molecular flexibility index (Phi) is 4.57. The molecule has 1 aliphatic rings. The largest absolute Gasteiger partial charge is 0.492 e. The number of carboxylic acids is 1. The van der Waals surface area contributed by atoms with Crippen LogP contribution in [0.2, 0.25) is 0 Å². The Morgan fingerprint density at radius 3 is 2.60 bits per heavy atom. The normalized spacial score (nSPS) is 18.9. The number of rotatable bonds is 6. The van der Waals surface area contributed by atoms with Crippen molar-refractivity contribution in [2.45, 2.75) is 6.42 Å². The van der Waals surface area contributed by atoms with E-state index in [1.807, 2.05) is 0 Å². The van der Waals surface area contributed by atoms with Gasteiger partial charge in [0.25, 0.3) is 0 Å². The molecule has 1 saturated heterocycles. The van der Waals surface area contributed by atoms with Gasteiger partial charge in [0.2, 0.25) is 5.91 Å². The molecule has 2 rings (SSSR count). The van der Waals surface area contributed by atoms with Crippen LogP contribution in [0.3, 0.4) is 0 Å². The Morgan fingerprint density at radius 1 is 1.35 bits per heavy atom. The van der Waals surface area contributed by atoms with E-state index in [0.29, 0.717) is 18.9 Å². The van der Waals surface area contributed by atoms with Crippen molar-refractivity contribution in [2.75, 3.05) is 26.2 Å². The zero-order chi connectivity index (χ0) is 14.5. The van der Waals surface area contributed by atoms with Crippen LogP contribution in [0, 0.1) is 5.92 Å². The number of carbonyl (C=O) groups is 2. The lowest BCUT2D eigenvalue weighted by Gasteiger charge is -2.15. The van der Waals surface area contributed by atoms with E-state index >= 15 is 0 Å². The molecule has 0 bridgehead atoms. The minimum Gasteiger partial charge on any atom is -0.492 e. The van der Waals surface area contributed by atoms with Crippen LogP contribution >= 0.6 is 0 Å². The van der Waals surface area contributed by atoms with Crippen LogP contribution in [0.25, 0.3) is 0 Å².